The van der Waals surface area contributed by atoms with Gasteiger partial charge in [0.05, 0.1) is 5.69 Å². The molecule has 1 aromatic heterocycles. The maximum Gasteiger partial charge on any atom is 0.0543 e. The molecule has 0 N–H and O–H groups in total. The van der Waals surface area contributed by atoms with Crippen molar-refractivity contribution in [2.24, 2.45) is 0 Å². The Kier molecular flexibility index (Phi) is 6.29. The Morgan fingerprint density at radius 3 is 2.33 bits per heavy atom. The Labute approximate surface area is 75.2 Å². The third kappa shape index (κ3) is 4.85. The van der Waals surface area contributed by atoms with E-state index >= 15 is 0 Å². The van der Waals surface area contributed by atoms with Crippen LogP contribution in [0.15, 0.2) is 24.4 Å². The minimum atomic E-state index is 0.918. The fourth-order valence-corrected chi connectivity index (χ4v) is 0.816. The highest BCUT2D eigenvalue weighted by atomic mass is 15.1. The van der Waals surface area contributed by atoms with E-state index in [1.807, 2.05) is 52.3 Å². The number of nitrogens with zero attached hydrogens (tertiary/aromatic N) is 2. The van der Waals surface area contributed by atoms with Crippen LogP contribution in [-0.4, -0.2) is 24.0 Å². The summed E-state index contributed by atoms with van der Waals surface area (Å²) in [5.74, 6) is 0. The molecule has 0 aromatic carbocycles. The maximum absolute atomic E-state index is 4.18. The Balaban J connectivity index is 0.000000561. The van der Waals surface area contributed by atoms with E-state index in [4.69, 9.17) is 0 Å². The molecule has 0 amide bonds. The second-order valence-corrected chi connectivity index (χ2v) is 2.56. The van der Waals surface area contributed by atoms with Gasteiger partial charge in [0, 0.05) is 12.7 Å². The summed E-state index contributed by atoms with van der Waals surface area (Å²) < 4.78 is 0. The van der Waals surface area contributed by atoms with Crippen molar-refractivity contribution in [3.63, 3.8) is 0 Å². The van der Waals surface area contributed by atoms with Gasteiger partial charge in [-0.2, -0.15) is 0 Å². The molecule has 0 aliphatic heterocycles. The molecule has 0 aliphatic carbocycles. The van der Waals surface area contributed by atoms with Crippen molar-refractivity contribution in [2.45, 2.75) is 20.4 Å². The first-order chi connectivity index (χ1) is 5.79. The van der Waals surface area contributed by atoms with Crippen LogP contribution in [0.2, 0.25) is 0 Å². The molecule has 0 spiro atoms. The van der Waals surface area contributed by atoms with Gasteiger partial charge in [-0.1, -0.05) is 19.9 Å². The molecule has 1 heterocycles. The summed E-state index contributed by atoms with van der Waals surface area (Å²) in [6.45, 7) is 4.92. The first-order valence-electron chi connectivity index (χ1n) is 4.33. The zero-order valence-electron chi connectivity index (χ0n) is 8.41. The van der Waals surface area contributed by atoms with Crippen molar-refractivity contribution in [2.75, 3.05) is 14.1 Å². The van der Waals surface area contributed by atoms with E-state index in [0.29, 0.717) is 0 Å². The van der Waals surface area contributed by atoms with E-state index in [0.717, 1.165) is 12.2 Å². The fourth-order valence-electron chi connectivity index (χ4n) is 0.816. The molecular weight excluding hydrogens is 148 g/mol. The molecule has 0 bridgehead atoms. The quantitative estimate of drug-likeness (QED) is 0.669. The Hall–Kier alpha value is -0.890. The third-order valence-electron chi connectivity index (χ3n) is 1.20. The smallest absolute Gasteiger partial charge is 0.0543 e. The number of hydrogen-bond donors (Lipinski definition) is 0. The lowest BCUT2D eigenvalue weighted by molar-refractivity contribution is 0.397. The molecule has 0 fully saturated rings. The normalized spacial score (nSPS) is 9.08. The van der Waals surface area contributed by atoms with Gasteiger partial charge in [0.2, 0.25) is 0 Å². The molecule has 0 saturated carbocycles. The number of rotatable bonds is 2. The van der Waals surface area contributed by atoms with Gasteiger partial charge in [0.15, 0.2) is 0 Å². The highest BCUT2D eigenvalue weighted by Crippen LogP contribution is 1.94. The van der Waals surface area contributed by atoms with Gasteiger partial charge in [0.1, 0.15) is 0 Å². The lowest BCUT2D eigenvalue weighted by Gasteiger charge is -2.07. The lowest BCUT2D eigenvalue weighted by atomic mass is 10.3. The lowest BCUT2D eigenvalue weighted by Crippen LogP contribution is -2.11. The molecule has 68 valence electrons. The van der Waals surface area contributed by atoms with Crippen molar-refractivity contribution in [1.29, 1.82) is 0 Å². The third-order valence-corrected chi connectivity index (χ3v) is 1.20. The van der Waals surface area contributed by atoms with Gasteiger partial charge >= 0.3 is 0 Å². The van der Waals surface area contributed by atoms with Gasteiger partial charge in [0.25, 0.3) is 0 Å². The number of pyridine rings is 1. The van der Waals surface area contributed by atoms with E-state index < -0.39 is 0 Å². The van der Waals surface area contributed by atoms with Crippen molar-refractivity contribution < 1.29 is 0 Å². The average molecular weight is 166 g/mol. The summed E-state index contributed by atoms with van der Waals surface area (Å²) in [5, 5.41) is 0. The Bertz CT molecular complexity index is 182. The van der Waals surface area contributed by atoms with E-state index in [2.05, 4.69) is 9.88 Å². The predicted octanol–water partition coefficient (Wildman–Crippen LogP) is 2.17. The summed E-state index contributed by atoms with van der Waals surface area (Å²) in [5.41, 5.74) is 1.12. The molecule has 2 nitrogen and oxygen atoms in total. The second-order valence-electron chi connectivity index (χ2n) is 2.56. The van der Waals surface area contributed by atoms with Gasteiger partial charge in [-0.05, 0) is 26.2 Å². The molecule has 0 aliphatic rings. The van der Waals surface area contributed by atoms with Crippen LogP contribution in [0, 0.1) is 0 Å². The highest BCUT2D eigenvalue weighted by molar-refractivity contribution is 5.02. The predicted molar refractivity (Wildman–Crippen MR) is 53.0 cm³/mol. The molecular formula is C10H18N2. The fraction of sp³-hybridized carbons (Fsp3) is 0.500. The zero-order valence-corrected chi connectivity index (χ0v) is 8.41. The van der Waals surface area contributed by atoms with Gasteiger partial charge in [-0.15, -0.1) is 0 Å². The van der Waals surface area contributed by atoms with E-state index in [1.165, 1.54) is 0 Å². The Morgan fingerprint density at radius 2 is 1.92 bits per heavy atom. The minimum absolute atomic E-state index is 0.918. The molecule has 0 saturated heterocycles. The van der Waals surface area contributed by atoms with E-state index in [9.17, 15) is 0 Å². The zero-order chi connectivity index (χ0) is 9.40. The number of hydrogen-bond acceptors (Lipinski definition) is 2. The van der Waals surface area contributed by atoms with Crippen LogP contribution < -0.4 is 0 Å². The second kappa shape index (κ2) is 6.80. The Morgan fingerprint density at radius 1 is 1.25 bits per heavy atom. The summed E-state index contributed by atoms with van der Waals surface area (Å²) in [6.07, 6.45) is 1.82. The molecule has 0 unspecified atom stereocenters. The van der Waals surface area contributed by atoms with Crippen molar-refractivity contribution in [3.8, 4) is 0 Å². The molecule has 12 heavy (non-hydrogen) atoms. The maximum atomic E-state index is 4.18. The summed E-state index contributed by atoms with van der Waals surface area (Å²) >= 11 is 0. The van der Waals surface area contributed by atoms with Gasteiger partial charge in [-0.3, -0.25) is 4.98 Å². The van der Waals surface area contributed by atoms with Crippen LogP contribution in [0.4, 0.5) is 0 Å². The van der Waals surface area contributed by atoms with Gasteiger partial charge in [-0.25, -0.2) is 0 Å². The first kappa shape index (κ1) is 11.1. The molecule has 1 aromatic rings. The van der Waals surface area contributed by atoms with Crippen LogP contribution in [0.3, 0.4) is 0 Å². The molecule has 1 rings (SSSR count). The van der Waals surface area contributed by atoms with Gasteiger partial charge < -0.3 is 4.90 Å². The van der Waals surface area contributed by atoms with E-state index in [-0.39, 0.29) is 0 Å². The van der Waals surface area contributed by atoms with Crippen LogP contribution in [0.1, 0.15) is 19.5 Å². The monoisotopic (exact) mass is 166 g/mol. The SMILES string of the molecule is CC.CN(C)Cc1ccccn1. The standard InChI is InChI=1S/C8H12N2.C2H6/c1-10(2)7-8-5-3-4-6-9-8;1-2/h3-6H,7H2,1-2H3;1-2H3. The van der Waals surface area contributed by atoms with Crippen LogP contribution in [0.25, 0.3) is 0 Å². The van der Waals surface area contributed by atoms with Crippen molar-refractivity contribution >= 4 is 0 Å². The van der Waals surface area contributed by atoms with Crippen LogP contribution in [-0.2, 0) is 6.54 Å². The molecule has 0 atom stereocenters. The number of aromatic nitrogens is 1. The van der Waals surface area contributed by atoms with E-state index in [1.54, 1.807) is 0 Å². The highest BCUT2D eigenvalue weighted by Gasteiger charge is 1.92. The molecule has 2 heteroatoms. The summed E-state index contributed by atoms with van der Waals surface area (Å²) in [6, 6.07) is 5.96. The summed E-state index contributed by atoms with van der Waals surface area (Å²) in [7, 11) is 4.07. The van der Waals surface area contributed by atoms with Crippen LogP contribution >= 0.6 is 0 Å². The largest absolute Gasteiger partial charge is 0.304 e. The molecule has 0 radical (unpaired) electrons. The van der Waals surface area contributed by atoms with Crippen molar-refractivity contribution in [3.05, 3.63) is 30.1 Å². The average Bonchev–Trinajstić information content (AvgIpc) is 2.08. The van der Waals surface area contributed by atoms with Crippen LogP contribution in [0.5, 0.6) is 0 Å². The first-order valence-corrected chi connectivity index (χ1v) is 4.33. The summed E-state index contributed by atoms with van der Waals surface area (Å²) in [4.78, 5) is 6.28. The minimum Gasteiger partial charge on any atom is -0.304 e. The topological polar surface area (TPSA) is 16.1 Å². The van der Waals surface area contributed by atoms with Crippen molar-refractivity contribution in [1.82, 2.24) is 9.88 Å².